The first-order valence-corrected chi connectivity index (χ1v) is 7.21. The maximum absolute atomic E-state index is 4.85. The largest absolute Gasteiger partial charge is 1.00 e. The van der Waals surface area contributed by atoms with Gasteiger partial charge in [-0.25, -0.2) is 0 Å². The first-order chi connectivity index (χ1) is 7.66. The van der Waals surface area contributed by atoms with Gasteiger partial charge in [0.25, 0.3) is 0 Å². The van der Waals surface area contributed by atoms with Gasteiger partial charge in [0, 0.05) is 0 Å². The molecule has 0 aliphatic rings. The van der Waals surface area contributed by atoms with E-state index < -0.39 is 0 Å². The fraction of sp³-hybridized carbons (Fsp3) is 1.00. The zero-order valence-corrected chi connectivity index (χ0v) is 16.5. The molecule has 4 heteroatoms. The molecule has 0 amide bonds. The summed E-state index contributed by atoms with van der Waals surface area (Å²) >= 11 is 0. The van der Waals surface area contributed by atoms with E-state index in [0.717, 1.165) is 6.54 Å². The Labute approximate surface area is 137 Å². The minimum atomic E-state index is 0. The Kier molecular flexibility index (Phi) is 30.6. The Morgan fingerprint density at radius 1 is 0.778 bits per heavy atom. The van der Waals surface area contributed by atoms with E-state index in [0.29, 0.717) is 0 Å². The van der Waals surface area contributed by atoms with Gasteiger partial charge in [-0.15, -0.1) is 17.0 Å². The molecule has 0 saturated carbocycles. The van der Waals surface area contributed by atoms with E-state index >= 15 is 0 Å². The number of halogens is 2. The van der Waals surface area contributed by atoms with Gasteiger partial charge in [0.15, 0.2) is 0 Å². The molecule has 0 spiro atoms. The Hall–Kier alpha value is 0.880. The van der Waals surface area contributed by atoms with Crippen molar-refractivity contribution in [3.05, 3.63) is 0 Å². The van der Waals surface area contributed by atoms with Gasteiger partial charge in [0.05, 0.1) is 26.2 Å². The molecule has 0 bridgehead atoms. The maximum Gasteiger partial charge on any atom is 0.0786 e. The van der Waals surface area contributed by atoms with E-state index in [4.69, 9.17) is 5.73 Å². The highest BCUT2D eigenvalue weighted by Gasteiger charge is 2.19. The number of unbranched alkanes of at least 4 members (excludes halogenated alkanes) is 3. The number of hydrogen-bond acceptors (Lipinski definition) is 1. The third kappa shape index (κ3) is 14.9. The van der Waals surface area contributed by atoms with Crippen LogP contribution in [0.15, 0.2) is 0 Å². The molecular weight excluding hydrogens is 356 g/mol. The number of hydrogen-bond donors (Lipinski definition) is 1. The van der Waals surface area contributed by atoms with E-state index in [-0.39, 0.29) is 34.0 Å². The fourth-order valence-electron chi connectivity index (χ4n) is 2.02. The molecule has 0 atom stereocenters. The summed E-state index contributed by atoms with van der Waals surface area (Å²) in [5.74, 6) is 0. The van der Waals surface area contributed by atoms with E-state index in [9.17, 15) is 0 Å². The highest BCUT2D eigenvalue weighted by molar-refractivity contribution is 8.93. The predicted octanol–water partition coefficient (Wildman–Crippen LogP) is 0.990. The van der Waals surface area contributed by atoms with E-state index in [1.165, 1.54) is 56.3 Å². The van der Waals surface area contributed by atoms with Gasteiger partial charge in [-0.1, -0.05) is 26.7 Å². The lowest BCUT2D eigenvalue weighted by atomic mass is 10.2. The molecule has 116 valence electrons. The van der Waals surface area contributed by atoms with Gasteiger partial charge in [-0.05, 0) is 40.2 Å². The summed E-state index contributed by atoms with van der Waals surface area (Å²) < 4.78 is 1.32. The van der Waals surface area contributed by atoms with Crippen molar-refractivity contribution in [1.82, 2.24) is 0 Å². The monoisotopic (exact) mass is 390 g/mol. The van der Waals surface area contributed by atoms with Crippen LogP contribution in [-0.2, 0) is 0 Å². The highest BCUT2D eigenvalue weighted by atomic mass is 79.9. The standard InChI is InChI=1S/C12H28N.C2H7N.2BrH/c1-5-9-10-11-12-13(6-2,7-3)8-4;1-2-3;;/h5-12H2,1-4H3;2-3H2,1H3;2*1H/q+1;;;/p-1. The zero-order chi connectivity index (χ0) is 12.9. The Bertz CT molecular complexity index is 121. The Morgan fingerprint density at radius 3 is 1.44 bits per heavy atom. The molecule has 0 aromatic rings. The quantitative estimate of drug-likeness (QED) is 0.484. The normalized spacial score (nSPS) is 9.67. The van der Waals surface area contributed by atoms with Crippen molar-refractivity contribution >= 4 is 17.0 Å². The summed E-state index contributed by atoms with van der Waals surface area (Å²) in [6.07, 6.45) is 5.61. The van der Waals surface area contributed by atoms with Crippen molar-refractivity contribution in [3.63, 3.8) is 0 Å². The summed E-state index contributed by atoms with van der Waals surface area (Å²) in [5.41, 5.74) is 4.85. The van der Waals surface area contributed by atoms with Crippen molar-refractivity contribution < 1.29 is 21.5 Å². The average Bonchev–Trinajstić information content (AvgIpc) is 2.32. The lowest BCUT2D eigenvalue weighted by molar-refractivity contribution is -0.923. The first kappa shape index (κ1) is 27.3. The van der Waals surface area contributed by atoms with Gasteiger partial charge in [0.2, 0.25) is 0 Å². The second kappa shape index (κ2) is 20.2. The van der Waals surface area contributed by atoms with Crippen molar-refractivity contribution in [2.45, 2.75) is 60.3 Å². The second-order valence-electron chi connectivity index (χ2n) is 4.48. The van der Waals surface area contributed by atoms with Crippen molar-refractivity contribution in [1.29, 1.82) is 0 Å². The number of nitrogens with two attached hydrogens (primary N) is 1. The van der Waals surface area contributed by atoms with Crippen LogP contribution in [0.1, 0.15) is 60.3 Å². The first-order valence-electron chi connectivity index (χ1n) is 7.21. The molecular formula is C14H36Br2N2. The van der Waals surface area contributed by atoms with Crippen LogP contribution in [0.2, 0.25) is 0 Å². The molecule has 2 nitrogen and oxygen atoms in total. The molecule has 0 aliphatic carbocycles. The minimum Gasteiger partial charge on any atom is -1.00 e. The molecule has 0 aliphatic heterocycles. The fourth-order valence-corrected chi connectivity index (χ4v) is 2.02. The van der Waals surface area contributed by atoms with Crippen LogP contribution in [0.25, 0.3) is 0 Å². The summed E-state index contributed by atoms with van der Waals surface area (Å²) in [7, 11) is 0. The SMILES string of the molecule is Br.CCCCCC[N+](CC)(CC)CC.CCN.[Br-]. The number of nitrogens with zero attached hydrogens (tertiary/aromatic N) is 1. The Balaban J connectivity index is -0.000000177. The van der Waals surface area contributed by atoms with Gasteiger partial charge in [-0.3, -0.25) is 0 Å². The van der Waals surface area contributed by atoms with Crippen LogP contribution < -0.4 is 22.7 Å². The second-order valence-corrected chi connectivity index (χ2v) is 4.48. The smallest absolute Gasteiger partial charge is 0.0786 e. The molecule has 18 heavy (non-hydrogen) atoms. The van der Waals surface area contributed by atoms with Gasteiger partial charge in [-0.2, -0.15) is 0 Å². The minimum absolute atomic E-state index is 0. The highest BCUT2D eigenvalue weighted by Crippen LogP contribution is 2.10. The molecule has 0 rings (SSSR count). The maximum atomic E-state index is 4.85. The van der Waals surface area contributed by atoms with Crippen molar-refractivity contribution in [2.75, 3.05) is 32.7 Å². The van der Waals surface area contributed by atoms with Crippen LogP contribution >= 0.6 is 17.0 Å². The van der Waals surface area contributed by atoms with Gasteiger partial charge < -0.3 is 27.2 Å². The number of quaternary nitrogens is 1. The van der Waals surface area contributed by atoms with Crippen LogP contribution in [0, 0.1) is 0 Å². The van der Waals surface area contributed by atoms with Crippen molar-refractivity contribution in [3.8, 4) is 0 Å². The van der Waals surface area contributed by atoms with Crippen LogP contribution in [0.3, 0.4) is 0 Å². The predicted molar refractivity (Wildman–Crippen MR) is 85.9 cm³/mol. The summed E-state index contributed by atoms with van der Waals surface area (Å²) in [6.45, 7) is 17.2. The average molecular weight is 392 g/mol. The third-order valence-electron chi connectivity index (χ3n) is 3.50. The van der Waals surface area contributed by atoms with E-state index in [2.05, 4.69) is 27.7 Å². The lowest BCUT2D eigenvalue weighted by Gasteiger charge is -2.35. The summed E-state index contributed by atoms with van der Waals surface area (Å²) in [4.78, 5) is 0. The third-order valence-corrected chi connectivity index (χ3v) is 3.50. The molecule has 0 heterocycles. The van der Waals surface area contributed by atoms with E-state index in [1.54, 1.807) is 0 Å². The molecule has 0 aromatic heterocycles. The molecule has 0 saturated heterocycles. The van der Waals surface area contributed by atoms with Crippen LogP contribution in [0.5, 0.6) is 0 Å². The Morgan fingerprint density at radius 2 is 1.17 bits per heavy atom. The number of rotatable bonds is 8. The van der Waals surface area contributed by atoms with Gasteiger partial charge >= 0.3 is 0 Å². The summed E-state index contributed by atoms with van der Waals surface area (Å²) in [5, 5.41) is 0. The van der Waals surface area contributed by atoms with Crippen LogP contribution in [0.4, 0.5) is 0 Å². The van der Waals surface area contributed by atoms with Crippen molar-refractivity contribution in [2.24, 2.45) is 5.73 Å². The van der Waals surface area contributed by atoms with Crippen LogP contribution in [-0.4, -0.2) is 37.2 Å². The summed E-state index contributed by atoms with van der Waals surface area (Å²) in [6, 6.07) is 0. The molecule has 0 aromatic carbocycles. The zero-order valence-electron chi connectivity index (χ0n) is 13.2. The molecule has 0 fully saturated rings. The van der Waals surface area contributed by atoms with E-state index in [1.807, 2.05) is 6.92 Å². The molecule has 2 N–H and O–H groups in total. The topological polar surface area (TPSA) is 26.0 Å². The molecule has 0 radical (unpaired) electrons. The molecule has 0 unspecified atom stereocenters. The van der Waals surface area contributed by atoms with Gasteiger partial charge in [0.1, 0.15) is 0 Å². The lowest BCUT2D eigenvalue weighted by Crippen LogP contribution is -3.00.